The first kappa shape index (κ1) is 23.6. The van der Waals surface area contributed by atoms with E-state index in [1.165, 1.54) is 4.90 Å². The fraction of sp³-hybridized carbons (Fsp3) is 0.333. The number of nitrogens with zero attached hydrogens (tertiary/aromatic N) is 1. The first-order valence-corrected chi connectivity index (χ1v) is 11.4. The Balaban J connectivity index is 1.79. The second-order valence-corrected chi connectivity index (χ2v) is 8.47. The number of carbonyl (C=O) groups is 2. The van der Waals surface area contributed by atoms with Crippen LogP contribution in [0.4, 0.5) is 0 Å². The van der Waals surface area contributed by atoms with Crippen LogP contribution in [-0.4, -0.2) is 54.7 Å². The van der Waals surface area contributed by atoms with Gasteiger partial charge in [0.1, 0.15) is 30.0 Å². The summed E-state index contributed by atoms with van der Waals surface area (Å²) in [4.78, 5) is 27.7. The number of likely N-dealkylation sites (tertiary alicyclic amines) is 1. The van der Waals surface area contributed by atoms with E-state index in [-0.39, 0.29) is 17.4 Å². The molecule has 7 heteroatoms. The molecule has 2 aliphatic heterocycles. The lowest BCUT2D eigenvalue weighted by molar-refractivity contribution is -0.140. The monoisotopic (exact) mass is 463 g/mol. The molecule has 0 unspecified atom stereocenters. The van der Waals surface area contributed by atoms with E-state index in [4.69, 9.17) is 14.2 Å². The van der Waals surface area contributed by atoms with Gasteiger partial charge in [-0.05, 0) is 54.8 Å². The molecule has 2 aromatic carbocycles. The van der Waals surface area contributed by atoms with Crippen LogP contribution in [0.2, 0.25) is 0 Å². The van der Waals surface area contributed by atoms with Crippen molar-refractivity contribution in [1.29, 1.82) is 0 Å². The van der Waals surface area contributed by atoms with Crippen molar-refractivity contribution in [3.05, 3.63) is 77.4 Å². The van der Waals surface area contributed by atoms with Crippen LogP contribution in [0, 0.1) is 0 Å². The van der Waals surface area contributed by atoms with Gasteiger partial charge in [-0.1, -0.05) is 24.8 Å². The minimum atomic E-state index is -0.743. The van der Waals surface area contributed by atoms with Gasteiger partial charge in [0, 0.05) is 32.2 Å². The molecule has 0 spiro atoms. The number of hydrogen-bond acceptors (Lipinski definition) is 6. The smallest absolute Gasteiger partial charge is 0.295 e. The Morgan fingerprint density at radius 2 is 2.09 bits per heavy atom. The number of aliphatic hydroxyl groups is 1. The van der Waals surface area contributed by atoms with Crippen LogP contribution in [0.3, 0.4) is 0 Å². The van der Waals surface area contributed by atoms with Crippen molar-refractivity contribution in [3.63, 3.8) is 0 Å². The number of hydrogen-bond donors (Lipinski definition) is 1. The Bertz CT molecular complexity index is 1140. The first-order valence-electron chi connectivity index (χ1n) is 11.4. The molecule has 1 N–H and O–H groups in total. The summed E-state index contributed by atoms with van der Waals surface area (Å²) in [6.07, 6.45) is 2.97. The fourth-order valence-electron chi connectivity index (χ4n) is 4.49. The van der Waals surface area contributed by atoms with E-state index in [2.05, 4.69) is 6.58 Å². The summed E-state index contributed by atoms with van der Waals surface area (Å²) < 4.78 is 16.6. The van der Waals surface area contributed by atoms with Crippen LogP contribution in [0.25, 0.3) is 5.76 Å². The molecule has 2 atom stereocenters. The molecule has 34 heavy (non-hydrogen) atoms. The normalized spacial score (nSPS) is 20.8. The molecule has 0 aromatic heterocycles. The van der Waals surface area contributed by atoms with Crippen molar-refractivity contribution in [3.8, 4) is 11.5 Å². The Kier molecular flexibility index (Phi) is 7.03. The molecule has 1 amide bonds. The molecule has 1 fully saturated rings. The highest BCUT2D eigenvalue weighted by Crippen LogP contribution is 2.41. The minimum Gasteiger partial charge on any atom is -0.507 e. The summed E-state index contributed by atoms with van der Waals surface area (Å²) in [5.41, 5.74) is 2.19. The molecule has 1 saturated heterocycles. The molecule has 4 rings (SSSR count). The number of amides is 1. The topological polar surface area (TPSA) is 85.3 Å². The van der Waals surface area contributed by atoms with Crippen LogP contribution in [0.5, 0.6) is 11.5 Å². The number of fused-ring (bicyclic) bond motifs is 1. The lowest BCUT2D eigenvalue weighted by Crippen LogP contribution is -2.31. The number of ether oxygens (including phenoxy) is 3. The molecule has 0 bridgehead atoms. The van der Waals surface area contributed by atoms with Gasteiger partial charge < -0.3 is 24.2 Å². The minimum absolute atomic E-state index is 0.0528. The van der Waals surface area contributed by atoms with E-state index in [9.17, 15) is 14.7 Å². The van der Waals surface area contributed by atoms with Crippen LogP contribution in [0.1, 0.15) is 36.1 Å². The van der Waals surface area contributed by atoms with E-state index < -0.39 is 17.7 Å². The Morgan fingerprint density at radius 1 is 1.26 bits per heavy atom. The van der Waals surface area contributed by atoms with Crippen LogP contribution in [0.15, 0.2) is 60.7 Å². The van der Waals surface area contributed by atoms with Crippen LogP contribution in [-0.2, 0) is 20.7 Å². The third-order valence-corrected chi connectivity index (χ3v) is 6.00. The zero-order chi connectivity index (χ0) is 24.2. The quantitative estimate of drug-likeness (QED) is 0.199. The zero-order valence-corrected chi connectivity index (χ0v) is 19.5. The highest BCUT2D eigenvalue weighted by Gasteiger charge is 2.46. The van der Waals surface area contributed by atoms with Gasteiger partial charge in [0.15, 0.2) is 0 Å². The number of benzene rings is 2. The van der Waals surface area contributed by atoms with Gasteiger partial charge in [0.2, 0.25) is 0 Å². The Labute approximate surface area is 199 Å². The molecule has 0 saturated carbocycles. The van der Waals surface area contributed by atoms with Gasteiger partial charge in [0.25, 0.3) is 11.7 Å². The standard InChI is InChI=1S/C27H29NO6/c1-4-12-33-21-8-5-7-18(16-21)24-23(26(30)27(31)28(24)11-6-13-32-3)25(29)19-9-10-22-20(15-19)14-17(2)34-22/h4-5,7-10,15-17,24,29H,1,6,11-14H2,2-3H3/t17-,24+/m0/s1. The molecule has 2 aromatic rings. The average molecular weight is 464 g/mol. The lowest BCUT2D eigenvalue weighted by atomic mass is 9.94. The summed E-state index contributed by atoms with van der Waals surface area (Å²) in [6, 6.07) is 11.8. The van der Waals surface area contributed by atoms with Crippen molar-refractivity contribution in [1.82, 2.24) is 4.90 Å². The van der Waals surface area contributed by atoms with Crippen molar-refractivity contribution in [2.45, 2.75) is 31.9 Å². The number of ketones is 1. The van der Waals surface area contributed by atoms with Gasteiger partial charge in [0.05, 0.1) is 11.6 Å². The maximum absolute atomic E-state index is 13.2. The summed E-state index contributed by atoms with van der Waals surface area (Å²) in [5, 5.41) is 11.3. The molecule has 2 heterocycles. The van der Waals surface area contributed by atoms with E-state index >= 15 is 0 Å². The maximum atomic E-state index is 13.2. The van der Waals surface area contributed by atoms with Crippen LogP contribution < -0.4 is 9.47 Å². The van der Waals surface area contributed by atoms with Crippen molar-refractivity contribution >= 4 is 17.4 Å². The zero-order valence-electron chi connectivity index (χ0n) is 19.5. The summed E-state index contributed by atoms with van der Waals surface area (Å²) in [5.74, 6) is -0.186. The second kappa shape index (κ2) is 10.1. The van der Waals surface area contributed by atoms with E-state index in [1.807, 2.05) is 19.1 Å². The van der Waals surface area contributed by atoms with Crippen LogP contribution >= 0.6 is 0 Å². The average Bonchev–Trinajstić information content (AvgIpc) is 3.33. The van der Waals surface area contributed by atoms with Crippen molar-refractivity contribution < 1.29 is 28.9 Å². The largest absolute Gasteiger partial charge is 0.507 e. The van der Waals surface area contributed by atoms with Crippen molar-refractivity contribution in [2.24, 2.45) is 0 Å². The SMILES string of the molecule is C=CCOc1cccc([C@@H]2C(=C(O)c3ccc4c(c3)C[C@H](C)O4)C(=O)C(=O)N2CCCOC)c1. The third kappa shape index (κ3) is 4.56. The lowest BCUT2D eigenvalue weighted by Gasteiger charge is -2.25. The third-order valence-electron chi connectivity index (χ3n) is 6.00. The number of Topliss-reactive ketones (excluding diaryl/α,β-unsaturated/α-hetero) is 1. The van der Waals surface area contributed by atoms with E-state index in [0.717, 1.165) is 11.3 Å². The fourth-order valence-corrected chi connectivity index (χ4v) is 4.49. The Morgan fingerprint density at radius 3 is 2.85 bits per heavy atom. The molecule has 0 radical (unpaired) electrons. The van der Waals surface area contributed by atoms with E-state index in [1.54, 1.807) is 43.5 Å². The van der Waals surface area contributed by atoms with Gasteiger partial charge in [-0.15, -0.1) is 0 Å². The summed E-state index contributed by atoms with van der Waals surface area (Å²) >= 11 is 0. The predicted molar refractivity (Wildman–Crippen MR) is 128 cm³/mol. The van der Waals surface area contributed by atoms with Crippen molar-refractivity contribution in [2.75, 3.05) is 26.9 Å². The maximum Gasteiger partial charge on any atom is 0.295 e. The molecule has 2 aliphatic rings. The molecule has 0 aliphatic carbocycles. The molecule has 7 nitrogen and oxygen atoms in total. The van der Waals surface area contributed by atoms with Gasteiger partial charge in [-0.3, -0.25) is 9.59 Å². The Hall–Kier alpha value is -3.58. The number of methoxy groups -OCH3 is 1. The second-order valence-electron chi connectivity index (χ2n) is 8.47. The highest BCUT2D eigenvalue weighted by atomic mass is 16.5. The number of aliphatic hydroxyl groups excluding tert-OH is 1. The first-order chi connectivity index (χ1) is 16.4. The predicted octanol–water partition coefficient (Wildman–Crippen LogP) is 4.03. The molecule has 178 valence electrons. The highest BCUT2D eigenvalue weighted by molar-refractivity contribution is 6.46. The summed E-state index contributed by atoms with van der Waals surface area (Å²) in [6.45, 7) is 6.73. The number of carbonyl (C=O) groups excluding carboxylic acids is 2. The molecular formula is C27H29NO6. The summed E-state index contributed by atoms with van der Waals surface area (Å²) in [7, 11) is 1.59. The van der Waals surface area contributed by atoms with E-state index in [0.29, 0.717) is 49.5 Å². The number of rotatable bonds is 9. The van der Waals surface area contributed by atoms with Gasteiger partial charge in [-0.2, -0.15) is 0 Å². The van der Waals surface area contributed by atoms with Gasteiger partial charge >= 0.3 is 0 Å². The van der Waals surface area contributed by atoms with Gasteiger partial charge in [-0.25, -0.2) is 0 Å². The molecular weight excluding hydrogens is 434 g/mol.